The molecule has 1 unspecified atom stereocenters. The van der Waals surface area contributed by atoms with Gasteiger partial charge in [-0.25, -0.2) is 17.4 Å². The number of nitrogens with zero attached hydrogens (tertiary/aromatic N) is 3. The van der Waals surface area contributed by atoms with Gasteiger partial charge in [0.25, 0.3) is 15.9 Å². The molecule has 1 atom stereocenters. The molecule has 4 rings (SSSR count). The molecule has 0 spiro atoms. The quantitative estimate of drug-likeness (QED) is 0.201. The second kappa shape index (κ2) is 13.6. The Morgan fingerprint density at radius 2 is 1.77 bits per heavy atom. The second-order valence-corrected chi connectivity index (χ2v) is 11.8. The minimum absolute atomic E-state index is 0.0630. The molecule has 3 N–H and O–H groups in total. The average Bonchev–Trinajstić information content (AvgIpc) is 3.38. The summed E-state index contributed by atoms with van der Waals surface area (Å²) in [5, 5.41) is 1.82. The van der Waals surface area contributed by atoms with Gasteiger partial charge >= 0.3 is 6.61 Å². The van der Waals surface area contributed by atoms with Crippen LogP contribution in [0.2, 0.25) is 0 Å². The number of imidazole rings is 1. The number of ether oxygens (including phenoxy) is 4. The Morgan fingerprint density at radius 1 is 1.07 bits per heavy atom. The fraction of sp³-hybridized carbons (Fsp3) is 0.231. The number of methoxy groups -OCH3 is 2. The van der Waals surface area contributed by atoms with Crippen LogP contribution in [-0.2, 0) is 36.2 Å². The number of pyridine rings is 1. The van der Waals surface area contributed by atoms with Gasteiger partial charge in [0.1, 0.15) is 11.5 Å². The summed E-state index contributed by atoms with van der Waals surface area (Å²) in [7, 11) is -3.92. The summed E-state index contributed by atoms with van der Waals surface area (Å²) in [6.45, 7) is -3.99. The van der Waals surface area contributed by atoms with Gasteiger partial charge in [-0.1, -0.05) is 0 Å². The molecule has 2 heterocycles. The van der Waals surface area contributed by atoms with E-state index in [1.165, 1.54) is 56.8 Å². The lowest BCUT2D eigenvalue weighted by molar-refractivity contribution is -0.126. The van der Waals surface area contributed by atoms with Crippen molar-refractivity contribution in [3.8, 4) is 23.0 Å². The van der Waals surface area contributed by atoms with Gasteiger partial charge in [0.15, 0.2) is 18.1 Å². The van der Waals surface area contributed by atoms with Crippen LogP contribution in [0.3, 0.4) is 0 Å². The molecule has 2 aromatic heterocycles. The van der Waals surface area contributed by atoms with Gasteiger partial charge in [-0.2, -0.15) is 8.78 Å². The van der Waals surface area contributed by atoms with Gasteiger partial charge in [0.05, 0.1) is 58.9 Å². The van der Waals surface area contributed by atoms with Crippen molar-refractivity contribution in [3.05, 3.63) is 60.4 Å². The smallest absolute Gasteiger partial charge is 0.387 e. The number of benzene rings is 2. The minimum Gasteiger partial charge on any atom is -0.493 e. The Labute approximate surface area is 251 Å². The van der Waals surface area contributed by atoms with Crippen LogP contribution in [0.4, 0.5) is 8.78 Å². The van der Waals surface area contributed by atoms with Crippen molar-refractivity contribution in [2.24, 2.45) is 5.73 Å². The molecule has 2 aromatic carbocycles. The van der Waals surface area contributed by atoms with Crippen molar-refractivity contribution in [1.29, 1.82) is 0 Å². The lowest BCUT2D eigenvalue weighted by Crippen LogP contribution is -2.36. The predicted octanol–water partition coefficient (Wildman–Crippen LogP) is 1.57. The SMILES string of the molecule is COc1ccnc(CS(=O)c2nc3cc(OC(F)F)ccc3n2S(=O)(=O)c2ccc(OCC(=O)NCC(N)=O)cc2)c1OC. The molecule has 44 heavy (non-hydrogen) atoms. The first kappa shape index (κ1) is 32.1. The molecule has 0 saturated heterocycles. The highest BCUT2D eigenvalue weighted by atomic mass is 32.2. The summed E-state index contributed by atoms with van der Waals surface area (Å²) in [6.07, 6.45) is 1.40. The van der Waals surface area contributed by atoms with Gasteiger partial charge in [0.2, 0.25) is 11.1 Å². The van der Waals surface area contributed by atoms with Crippen LogP contribution in [0.5, 0.6) is 23.0 Å². The number of fused-ring (bicyclic) bond motifs is 1. The molecule has 0 bridgehead atoms. The largest absolute Gasteiger partial charge is 0.493 e. The maximum atomic E-state index is 13.9. The van der Waals surface area contributed by atoms with Crippen molar-refractivity contribution in [2.75, 3.05) is 27.4 Å². The molecule has 2 amide bonds. The first-order chi connectivity index (χ1) is 20.9. The number of hydrogen-bond donors (Lipinski definition) is 2. The molecule has 0 aliphatic rings. The lowest BCUT2D eigenvalue weighted by atomic mass is 10.3. The van der Waals surface area contributed by atoms with E-state index in [4.69, 9.17) is 19.9 Å². The number of halogens is 2. The number of carbonyl (C=O) groups is 2. The third-order valence-electron chi connectivity index (χ3n) is 5.81. The van der Waals surface area contributed by atoms with Crippen molar-refractivity contribution < 1.29 is 49.9 Å². The highest BCUT2D eigenvalue weighted by molar-refractivity contribution is 7.91. The van der Waals surface area contributed by atoms with Gasteiger partial charge < -0.3 is 30.0 Å². The number of hydrogen-bond acceptors (Lipinski definition) is 11. The lowest BCUT2D eigenvalue weighted by Gasteiger charge is -2.13. The van der Waals surface area contributed by atoms with E-state index >= 15 is 0 Å². The fourth-order valence-electron chi connectivity index (χ4n) is 3.91. The van der Waals surface area contributed by atoms with E-state index in [9.17, 15) is 31.0 Å². The Morgan fingerprint density at radius 3 is 2.41 bits per heavy atom. The van der Waals surface area contributed by atoms with Crippen LogP contribution in [0.1, 0.15) is 5.69 Å². The van der Waals surface area contributed by atoms with Crippen LogP contribution >= 0.6 is 0 Å². The van der Waals surface area contributed by atoms with E-state index in [1.54, 1.807) is 0 Å². The van der Waals surface area contributed by atoms with Crippen LogP contribution < -0.4 is 30.0 Å². The number of primary amides is 1. The maximum absolute atomic E-state index is 13.9. The van der Waals surface area contributed by atoms with Gasteiger partial charge in [-0.15, -0.1) is 0 Å². The first-order valence-electron chi connectivity index (χ1n) is 12.4. The van der Waals surface area contributed by atoms with Gasteiger partial charge in [-0.05, 0) is 36.4 Å². The first-order valence-corrected chi connectivity index (χ1v) is 15.2. The standard InChI is InChI=1S/C26H25F2N5O9S2/c1-39-21-9-10-30-19(24(21)40-2)14-43(36)26-32-18-11-16(42-25(27)28)5-8-20(18)33(26)44(37,38)17-6-3-15(4-7-17)41-13-23(35)31-12-22(29)34/h3-11,25H,12-14H2,1-2H3,(H2,29,34)(H,31,35). The predicted molar refractivity (Wildman–Crippen MR) is 151 cm³/mol. The molecule has 0 saturated carbocycles. The maximum Gasteiger partial charge on any atom is 0.387 e. The normalized spacial score (nSPS) is 12.1. The van der Waals surface area contributed by atoms with Crippen LogP contribution in [0, 0.1) is 0 Å². The van der Waals surface area contributed by atoms with E-state index in [0.717, 1.165) is 16.1 Å². The summed E-state index contributed by atoms with van der Waals surface area (Å²) >= 11 is 0. The van der Waals surface area contributed by atoms with Gasteiger partial charge in [0, 0.05) is 18.3 Å². The highest BCUT2D eigenvalue weighted by Crippen LogP contribution is 2.33. The van der Waals surface area contributed by atoms with E-state index in [2.05, 4.69) is 20.0 Å². The van der Waals surface area contributed by atoms with Crippen molar-refractivity contribution >= 4 is 43.7 Å². The molecule has 18 heteroatoms. The summed E-state index contributed by atoms with van der Waals surface area (Å²) in [6, 6.07) is 9.88. The van der Waals surface area contributed by atoms with Crippen LogP contribution in [-0.4, -0.2) is 72.4 Å². The minimum atomic E-state index is -4.51. The molecule has 234 valence electrons. The summed E-state index contributed by atoms with van der Waals surface area (Å²) in [5.41, 5.74) is 5.01. The number of alkyl halides is 2. The summed E-state index contributed by atoms with van der Waals surface area (Å²) < 4.78 is 88.3. The Hall–Kier alpha value is -4.84. The van der Waals surface area contributed by atoms with Crippen LogP contribution in [0.15, 0.2) is 64.8 Å². The Kier molecular flexibility index (Phi) is 9.94. The molecule has 14 nitrogen and oxygen atoms in total. The molecular weight excluding hydrogens is 628 g/mol. The monoisotopic (exact) mass is 653 g/mol. The number of nitrogens with two attached hydrogens (primary N) is 1. The third kappa shape index (κ3) is 7.20. The fourth-order valence-corrected chi connectivity index (χ4v) is 6.87. The zero-order valence-electron chi connectivity index (χ0n) is 23.1. The van der Waals surface area contributed by atoms with E-state index in [1.807, 2.05) is 0 Å². The van der Waals surface area contributed by atoms with Crippen LogP contribution in [0.25, 0.3) is 11.0 Å². The van der Waals surface area contributed by atoms with Crippen molar-refractivity contribution in [3.63, 3.8) is 0 Å². The molecule has 0 aliphatic heterocycles. The molecule has 0 fully saturated rings. The molecular formula is C26H25F2N5O9S2. The zero-order valence-corrected chi connectivity index (χ0v) is 24.7. The van der Waals surface area contributed by atoms with Crippen molar-refractivity contribution in [2.45, 2.75) is 22.4 Å². The number of rotatable bonds is 14. The summed E-state index contributed by atoms with van der Waals surface area (Å²) in [5.74, 6) is -1.39. The number of aromatic nitrogens is 3. The second-order valence-electron chi connectivity index (χ2n) is 8.68. The number of nitrogens with one attached hydrogen (secondary N) is 1. The molecule has 4 aromatic rings. The molecule has 0 radical (unpaired) electrons. The highest BCUT2D eigenvalue weighted by Gasteiger charge is 2.29. The zero-order chi connectivity index (χ0) is 32.0. The summed E-state index contributed by atoms with van der Waals surface area (Å²) in [4.78, 5) is 30.7. The van der Waals surface area contributed by atoms with Crippen molar-refractivity contribution in [1.82, 2.24) is 19.3 Å². The molecule has 0 aliphatic carbocycles. The Balaban J connectivity index is 1.72. The third-order valence-corrected chi connectivity index (χ3v) is 8.86. The number of amides is 2. The average molecular weight is 654 g/mol. The van der Waals surface area contributed by atoms with E-state index in [0.29, 0.717) is 5.75 Å². The Bertz CT molecular complexity index is 1820. The van der Waals surface area contributed by atoms with E-state index < -0.39 is 51.0 Å². The topological polar surface area (TPSA) is 191 Å². The van der Waals surface area contributed by atoms with Gasteiger partial charge in [-0.3, -0.25) is 18.8 Å². The van der Waals surface area contributed by atoms with E-state index in [-0.39, 0.29) is 51.2 Å². The number of carbonyl (C=O) groups excluding carboxylic acids is 2.